The smallest absolute Gasteiger partial charge is 0.330 e. The van der Waals surface area contributed by atoms with Crippen LogP contribution in [0.3, 0.4) is 0 Å². The van der Waals surface area contributed by atoms with Gasteiger partial charge in [0.25, 0.3) is 0 Å². The molecule has 0 aromatic heterocycles. The maximum absolute atomic E-state index is 8.97. The van der Waals surface area contributed by atoms with Gasteiger partial charge in [-0.3, -0.25) is 4.55 Å². The van der Waals surface area contributed by atoms with Crippen molar-refractivity contribution in [3.05, 3.63) is 36.8 Å². The molecule has 0 radical (unpaired) electrons. The predicted molar refractivity (Wildman–Crippen MR) is 44.2 cm³/mol. The number of ether oxygens (including phenoxy) is 1. The quantitative estimate of drug-likeness (QED) is 0.540. The maximum atomic E-state index is 8.97. The molecule has 0 aromatic rings. The first kappa shape index (κ1) is 10.9. The molecule has 6 heteroatoms. The lowest BCUT2D eigenvalue weighted by Crippen LogP contribution is -2.08. The summed E-state index contributed by atoms with van der Waals surface area (Å²) in [5.74, 6) is 0. The van der Waals surface area contributed by atoms with Crippen LogP contribution in [0.1, 0.15) is 0 Å². The molecule has 0 spiro atoms. The topological polar surface area (TPSA) is 89.6 Å². The van der Waals surface area contributed by atoms with Gasteiger partial charge in [-0.25, -0.2) is 5.14 Å². The van der Waals surface area contributed by atoms with Gasteiger partial charge in [-0.2, -0.15) is 8.42 Å². The molecule has 0 unspecified atom stereocenters. The Morgan fingerprint density at radius 1 is 1.08 bits per heavy atom. The summed E-state index contributed by atoms with van der Waals surface area (Å²) in [6, 6.07) is 0. The summed E-state index contributed by atoms with van der Waals surface area (Å²) in [5, 5.41) is 3.88. The second kappa shape index (κ2) is 5.53. The van der Waals surface area contributed by atoms with Gasteiger partial charge in [0.2, 0.25) is 0 Å². The summed E-state index contributed by atoms with van der Waals surface area (Å²) < 4.78 is 30.0. The Hall–Kier alpha value is -1.11. The molecule has 0 aromatic carbocycles. The van der Waals surface area contributed by atoms with Crippen LogP contribution in [0.4, 0.5) is 0 Å². The van der Waals surface area contributed by atoms with Gasteiger partial charge in [0.1, 0.15) is 0 Å². The lowest BCUT2D eigenvalue weighted by molar-refractivity contribution is 0.404. The van der Waals surface area contributed by atoms with E-state index < -0.39 is 10.3 Å². The van der Waals surface area contributed by atoms with E-state index in [1.54, 1.807) is 12.5 Å². The van der Waals surface area contributed by atoms with Crippen LogP contribution in [-0.4, -0.2) is 13.0 Å². The Morgan fingerprint density at radius 2 is 1.42 bits per heavy atom. The highest BCUT2D eigenvalue weighted by molar-refractivity contribution is 7.83. The van der Waals surface area contributed by atoms with Gasteiger partial charge in [-0.15, -0.1) is 0 Å². The molecule has 0 amide bonds. The monoisotopic (exact) mass is 191 g/mol. The molecule has 0 saturated carbocycles. The summed E-state index contributed by atoms with van der Waals surface area (Å²) in [6.45, 7) is 0. The first-order chi connectivity index (χ1) is 5.50. The van der Waals surface area contributed by atoms with Crippen LogP contribution in [0.2, 0.25) is 0 Å². The van der Waals surface area contributed by atoms with Crippen molar-refractivity contribution in [2.24, 2.45) is 5.14 Å². The third-order valence-corrected chi connectivity index (χ3v) is 0.648. The van der Waals surface area contributed by atoms with E-state index >= 15 is 0 Å². The maximum Gasteiger partial charge on any atom is 0.330 e. The minimum Gasteiger partial charge on any atom is -0.473 e. The van der Waals surface area contributed by atoms with Crippen molar-refractivity contribution in [1.82, 2.24) is 0 Å². The summed E-state index contributed by atoms with van der Waals surface area (Å²) in [7, 11) is -4.17. The largest absolute Gasteiger partial charge is 0.473 e. The van der Waals surface area contributed by atoms with Crippen LogP contribution in [0.25, 0.3) is 0 Å². The molecular weight excluding hydrogens is 182 g/mol. The van der Waals surface area contributed by atoms with Gasteiger partial charge in [0, 0.05) is 0 Å². The van der Waals surface area contributed by atoms with Crippen LogP contribution >= 0.6 is 0 Å². The Morgan fingerprint density at radius 3 is 1.75 bits per heavy atom. The number of nitrogens with two attached hydrogens (primary N) is 1. The number of hydrogen-bond donors (Lipinski definition) is 2. The van der Waals surface area contributed by atoms with E-state index in [1.807, 2.05) is 24.3 Å². The molecule has 0 saturated heterocycles. The average molecular weight is 191 g/mol. The Balaban J connectivity index is 0.000000217. The second-order valence-electron chi connectivity index (χ2n) is 1.69. The van der Waals surface area contributed by atoms with Crippen molar-refractivity contribution in [3.8, 4) is 0 Å². The molecule has 0 atom stereocenters. The fourth-order valence-electron chi connectivity index (χ4n) is 0.355. The fraction of sp³-hybridized carbons (Fsp3) is 0. The standard InChI is InChI=1S/C6H6O.H3NO3S/c1-2-4-6-7-5-3-1;1-5(2,3)4/h1-6H;(H3,1,2,3,4). The third kappa shape index (κ3) is 16.0. The third-order valence-electron chi connectivity index (χ3n) is 0.648. The van der Waals surface area contributed by atoms with Crippen molar-refractivity contribution in [2.75, 3.05) is 0 Å². The molecule has 5 nitrogen and oxygen atoms in total. The molecule has 0 aliphatic carbocycles. The van der Waals surface area contributed by atoms with Crippen molar-refractivity contribution < 1.29 is 17.7 Å². The Labute approximate surface area is 70.7 Å². The molecule has 68 valence electrons. The van der Waals surface area contributed by atoms with Crippen LogP contribution in [0.5, 0.6) is 0 Å². The highest BCUT2D eigenvalue weighted by Crippen LogP contribution is 1.88. The van der Waals surface area contributed by atoms with Crippen molar-refractivity contribution >= 4 is 10.3 Å². The van der Waals surface area contributed by atoms with Crippen LogP contribution < -0.4 is 5.14 Å². The Bertz CT molecular complexity index is 267. The van der Waals surface area contributed by atoms with Gasteiger partial charge >= 0.3 is 10.3 Å². The minimum absolute atomic E-state index is 1.62. The molecule has 1 aliphatic heterocycles. The van der Waals surface area contributed by atoms with E-state index in [0.717, 1.165) is 0 Å². The zero-order chi connectivity index (χ0) is 9.45. The fourth-order valence-corrected chi connectivity index (χ4v) is 0.355. The molecule has 0 fully saturated rings. The summed E-state index contributed by atoms with van der Waals surface area (Å²) in [4.78, 5) is 0. The van der Waals surface area contributed by atoms with E-state index in [0.29, 0.717) is 0 Å². The lowest BCUT2D eigenvalue weighted by atomic mass is 10.5. The SMILES string of the molecule is C1=CC=COC=C1.NS(=O)(=O)O. The summed E-state index contributed by atoms with van der Waals surface area (Å²) >= 11 is 0. The highest BCUT2D eigenvalue weighted by atomic mass is 32.2. The van der Waals surface area contributed by atoms with Crippen molar-refractivity contribution in [3.63, 3.8) is 0 Å². The van der Waals surface area contributed by atoms with Gasteiger partial charge in [0.15, 0.2) is 0 Å². The molecule has 1 aliphatic rings. The first-order valence-corrected chi connectivity index (χ1v) is 4.39. The minimum atomic E-state index is -4.17. The van der Waals surface area contributed by atoms with Crippen molar-refractivity contribution in [2.45, 2.75) is 0 Å². The molecule has 1 rings (SSSR count). The zero-order valence-electron chi connectivity index (χ0n) is 6.12. The molecule has 3 N–H and O–H groups in total. The molecule has 0 bridgehead atoms. The van der Waals surface area contributed by atoms with Gasteiger partial charge in [-0.1, -0.05) is 12.2 Å². The van der Waals surface area contributed by atoms with Crippen LogP contribution in [-0.2, 0) is 15.0 Å². The van der Waals surface area contributed by atoms with E-state index in [4.69, 9.17) is 17.7 Å². The van der Waals surface area contributed by atoms with E-state index in [9.17, 15) is 0 Å². The summed E-state index contributed by atoms with van der Waals surface area (Å²) in [6.07, 6.45) is 10.7. The zero-order valence-corrected chi connectivity index (χ0v) is 6.94. The highest BCUT2D eigenvalue weighted by Gasteiger charge is 1.81. The summed E-state index contributed by atoms with van der Waals surface area (Å²) in [5.41, 5.74) is 0. The van der Waals surface area contributed by atoms with Crippen LogP contribution in [0, 0.1) is 0 Å². The van der Waals surface area contributed by atoms with Gasteiger partial charge < -0.3 is 4.74 Å². The average Bonchev–Trinajstić information content (AvgIpc) is 2.10. The number of rotatable bonds is 0. The van der Waals surface area contributed by atoms with E-state index in [2.05, 4.69) is 5.14 Å². The molecule has 1 heterocycles. The number of allylic oxidation sites excluding steroid dienone is 4. The van der Waals surface area contributed by atoms with E-state index in [-0.39, 0.29) is 0 Å². The Kier molecular flexibility index (Phi) is 5.02. The van der Waals surface area contributed by atoms with Crippen LogP contribution in [0.15, 0.2) is 36.8 Å². The van der Waals surface area contributed by atoms with Gasteiger partial charge in [-0.05, 0) is 12.2 Å². The normalized spacial score (nSPS) is 14.2. The lowest BCUT2D eigenvalue weighted by Gasteiger charge is -1.79. The van der Waals surface area contributed by atoms with Gasteiger partial charge in [0.05, 0.1) is 12.5 Å². The predicted octanol–water partition coefficient (Wildman–Crippen LogP) is 0.348. The number of hydrogen-bond acceptors (Lipinski definition) is 3. The van der Waals surface area contributed by atoms with E-state index in [1.165, 1.54) is 0 Å². The first-order valence-electron chi connectivity index (χ1n) is 2.89. The second-order valence-corrected chi connectivity index (χ2v) is 2.72. The van der Waals surface area contributed by atoms with Crippen molar-refractivity contribution in [1.29, 1.82) is 0 Å². The molecular formula is C6H9NO4S. The molecule has 12 heavy (non-hydrogen) atoms.